The monoisotopic (exact) mass is 431 g/mol. The lowest BCUT2D eigenvalue weighted by Crippen LogP contribution is -2.47. The van der Waals surface area contributed by atoms with E-state index in [1.165, 1.54) is 11.9 Å². The van der Waals surface area contributed by atoms with Gasteiger partial charge >= 0.3 is 0 Å². The van der Waals surface area contributed by atoms with Crippen molar-refractivity contribution in [2.75, 3.05) is 26.4 Å². The zero-order valence-electron chi connectivity index (χ0n) is 17.6. The molecule has 0 saturated carbocycles. The van der Waals surface area contributed by atoms with E-state index >= 15 is 0 Å². The van der Waals surface area contributed by atoms with Gasteiger partial charge in [-0.1, -0.05) is 67.6 Å². The molecular formula is C22H29N3O4S. The van der Waals surface area contributed by atoms with Crippen LogP contribution >= 0.6 is 0 Å². The van der Waals surface area contributed by atoms with E-state index in [9.17, 15) is 18.0 Å². The first-order valence-corrected chi connectivity index (χ1v) is 11.7. The lowest BCUT2D eigenvalue weighted by atomic mass is 10.0. The van der Waals surface area contributed by atoms with Crippen molar-refractivity contribution in [2.24, 2.45) is 0 Å². The number of hydrogen-bond donors (Lipinski definition) is 1. The van der Waals surface area contributed by atoms with Crippen LogP contribution < -0.4 is 5.32 Å². The largest absolute Gasteiger partial charge is 0.354 e. The second-order valence-corrected chi connectivity index (χ2v) is 9.22. The summed E-state index contributed by atoms with van der Waals surface area (Å²) >= 11 is 0. The summed E-state index contributed by atoms with van der Waals surface area (Å²) in [5.74, 6) is -0.749. The standard InChI is InChI=1S/C22H29N3O4S/c1-4-15-23-22(27)21(19-13-9-6-10-14-19)25(16-18-11-7-5-8-12-18)20(26)17-24(2)30(3,28)29/h5-14,21H,4,15-17H2,1-3H3,(H,23,27). The summed E-state index contributed by atoms with van der Waals surface area (Å²) in [4.78, 5) is 27.8. The van der Waals surface area contributed by atoms with Gasteiger partial charge < -0.3 is 10.2 Å². The molecule has 1 unspecified atom stereocenters. The molecule has 7 nitrogen and oxygen atoms in total. The van der Waals surface area contributed by atoms with Crippen LogP contribution in [0.1, 0.15) is 30.5 Å². The fourth-order valence-corrected chi connectivity index (χ4v) is 3.30. The highest BCUT2D eigenvalue weighted by molar-refractivity contribution is 7.88. The van der Waals surface area contributed by atoms with Crippen LogP contribution in [-0.4, -0.2) is 55.8 Å². The quantitative estimate of drug-likeness (QED) is 0.625. The number of carbonyl (C=O) groups excluding carboxylic acids is 2. The van der Waals surface area contributed by atoms with Crippen molar-refractivity contribution in [1.82, 2.24) is 14.5 Å². The first kappa shape index (κ1) is 23.6. The predicted octanol–water partition coefficient (Wildman–Crippen LogP) is 2.17. The zero-order valence-corrected chi connectivity index (χ0v) is 18.4. The molecule has 1 N–H and O–H groups in total. The number of likely N-dealkylation sites (N-methyl/N-ethyl adjacent to an activating group) is 1. The Bertz CT molecular complexity index is 933. The Morgan fingerprint density at radius 1 is 1.00 bits per heavy atom. The van der Waals surface area contributed by atoms with Crippen molar-refractivity contribution < 1.29 is 18.0 Å². The summed E-state index contributed by atoms with van der Waals surface area (Å²) in [6.07, 6.45) is 1.81. The minimum absolute atomic E-state index is 0.177. The van der Waals surface area contributed by atoms with Crippen LogP contribution in [-0.2, 0) is 26.2 Å². The summed E-state index contributed by atoms with van der Waals surface area (Å²) < 4.78 is 24.7. The second kappa shape index (κ2) is 10.9. The maximum Gasteiger partial charge on any atom is 0.247 e. The molecule has 0 spiro atoms. The third-order valence-corrected chi connectivity index (χ3v) is 5.93. The molecule has 0 aliphatic heterocycles. The number of benzene rings is 2. The Morgan fingerprint density at radius 3 is 2.10 bits per heavy atom. The molecule has 2 aromatic rings. The van der Waals surface area contributed by atoms with E-state index in [0.717, 1.165) is 22.5 Å². The maximum atomic E-state index is 13.2. The summed E-state index contributed by atoms with van der Waals surface area (Å²) in [5, 5.41) is 2.87. The molecule has 0 saturated heterocycles. The Kier molecular flexibility index (Phi) is 8.56. The van der Waals surface area contributed by atoms with E-state index < -0.39 is 22.0 Å². The van der Waals surface area contributed by atoms with Gasteiger partial charge in [-0.2, -0.15) is 4.31 Å². The van der Waals surface area contributed by atoms with Crippen molar-refractivity contribution in [3.05, 3.63) is 71.8 Å². The van der Waals surface area contributed by atoms with Gasteiger partial charge in [-0.05, 0) is 17.5 Å². The average Bonchev–Trinajstić information content (AvgIpc) is 2.72. The van der Waals surface area contributed by atoms with Crippen LogP contribution in [0.2, 0.25) is 0 Å². The van der Waals surface area contributed by atoms with Crippen molar-refractivity contribution in [3.63, 3.8) is 0 Å². The molecule has 2 amide bonds. The van der Waals surface area contributed by atoms with Crippen LogP contribution in [0.3, 0.4) is 0 Å². The fourth-order valence-electron chi connectivity index (χ4n) is 2.96. The minimum atomic E-state index is -3.54. The molecule has 8 heteroatoms. The van der Waals surface area contributed by atoms with Gasteiger partial charge in [0.2, 0.25) is 21.8 Å². The minimum Gasteiger partial charge on any atom is -0.354 e. The van der Waals surface area contributed by atoms with Gasteiger partial charge in [-0.25, -0.2) is 8.42 Å². The third kappa shape index (κ3) is 6.67. The Labute approximate surface area is 178 Å². The van der Waals surface area contributed by atoms with Crippen LogP contribution in [0, 0.1) is 0 Å². The predicted molar refractivity (Wildman–Crippen MR) is 117 cm³/mol. The molecule has 0 aliphatic rings. The number of amides is 2. The fraction of sp³-hybridized carbons (Fsp3) is 0.364. The van der Waals surface area contributed by atoms with Crippen molar-refractivity contribution in [2.45, 2.75) is 25.9 Å². The van der Waals surface area contributed by atoms with E-state index in [1.807, 2.05) is 55.5 Å². The van der Waals surface area contributed by atoms with Crippen LogP contribution in [0.4, 0.5) is 0 Å². The molecule has 2 aromatic carbocycles. The molecule has 0 fully saturated rings. The Hall–Kier alpha value is -2.71. The molecule has 0 radical (unpaired) electrons. The Morgan fingerprint density at radius 2 is 1.57 bits per heavy atom. The number of nitrogens with one attached hydrogen (secondary N) is 1. The van der Waals surface area contributed by atoms with E-state index in [1.54, 1.807) is 12.1 Å². The number of nitrogens with zero attached hydrogens (tertiary/aromatic N) is 2. The first-order valence-electron chi connectivity index (χ1n) is 9.81. The smallest absolute Gasteiger partial charge is 0.247 e. The zero-order chi connectivity index (χ0) is 22.1. The van der Waals surface area contributed by atoms with E-state index in [4.69, 9.17) is 0 Å². The molecule has 1 atom stereocenters. The highest BCUT2D eigenvalue weighted by Gasteiger charge is 2.32. The topological polar surface area (TPSA) is 86.8 Å². The van der Waals surface area contributed by atoms with Gasteiger partial charge in [0.05, 0.1) is 12.8 Å². The summed E-state index contributed by atoms with van der Waals surface area (Å²) in [5.41, 5.74) is 1.51. The molecular weight excluding hydrogens is 402 g/mol. The van der Waals surface area contributed by atoms with Gasteiger partial charge in [0.15, 0.2) is 0 Å². The van der Waals surface area contributed by atoms with Gasteiger partial charge in [-0.15, -0.1) is 0 Å². The van der Waals surface area contributed by atoms with Gasteiger partial charge in [0.25, 0.3) is 0 Å². The van der Waals surface area contributed by atoms with Gasteiger partial charge in [0.1, 0.15) is 6.04 Å². The number of hydrogen-bond acceptors (Lipinski definition) is 4. The average molecular weight is 432 g/mol. The van der Waals surface area contributed by atoms with Crippen LogP contribution in [0.15, 0.2) is 60.7 Å². The number of sulfonamides is 1. The highest BCUT2D eigenvalue weighted by Crippen LogP contribution is 2.24. The molecule has 0 bridgehead atoms. The normalized spacial score (nSPS) is 12.4. The maximum absolute atomic E-state index is 13.2. The van der Waals surface area contributed by atoms with Crippen LogP contribution in [0.5, 0.6) is 0 Å². The molecule has 0 aromatic heterocycles. The van der Waals surface area contributed by atoms with E-state index in [2.05, 4.69) is 5.32 Å². The number of rotatable bonds is 10. The third-order valence-electron chi connectivity index (χ3n) is 4.66. The lowest BCUT2D eigenvalue weighted by molar-refractivity contribution is -0.141. The van der Waals surface area contributed by atoms with Gasteiger partial charge in [-0.3, -0.25) is 9.59 Å². The van der Waals surface area contributed by atoms with Crippen molar-refractivity contribution >= 4 is 21.8 Å². The SMILES string of the molecule is CCCNC(=O)C(c1ccccc1)N(Cc1ccccc1)C(=O)CN(C)S(C)(=O)=O. The number of carbonyl (C=O) groups is 2. The molecule has 30 heavy (non-hydrogen) atoms. The van der Waals surface area contributed by atoms with Gasteiger partial charge in [0, 0.05) is 20.1 Å². The molecule has 0 heterocycles. The summed E-state index contributed by atoms with van der Waals surface area (Å²) in [6, 6.07) is 17.5. The molecule has 162 valence electrons. The van der Waals surface area contributed by atoms with Crippen LogP contribution in [0.25, 0.3) is 0 Å². The highest BCUT2D eigenvalue weighted by atomic mass is 32.2. The van der Waals surface area contributed by atoms with E-state index in [-0.39, 0.29) is 19.0 Å². The second-order valence-electron chi connectivity index (χ2n) is 7.13. The Balaban J connectivity index is 2.45. The summed E-state index contributed by atoms with van der Waals surface area (Å²) in [6.45, 7) is 2.26. The molecule has 2 rings (SSSR count). The van der Waals surface area contributed by atoms with Crippen molar-refractivity contribution in [1.29, 1.82) is 0 Å². The summed E-state index contributed by atoms with van der Waals surface area (Å²) in [7, 11) is -2.19. The lowest BCUT2D eigenvalue weighted by Gasteiger charge is -2.32. The van der Waals surface area contributed by atoms with E-state index in [0.29, 0.717) is 12.1 Å². The first-order chi connectivity index (χ1) is 14.2. The molecule has 0 aliphatic carbocycles. The van der Waals surface area contributed by atoms with Crippen molar-refractivity contribution in [3.8, 4) is 0 Å².